The van der Waals surface area contributed by atoms with E-state index in [-0.39, 0.29) is 0 Å². The summed E-state index contributed by atoms with van der Waals surface area (Å²) in [5, 5.41) is 3.20. The number of pyridine rings is 1. The van der Waals surface area contributed by atoms with Gasteiger partial charge in [-0.3, -0.25) is 4.98 Å². The first-order valence-electron chi connectivity index (χ1n) is 4.85. The zero-order chi connectivity index (χ0) is 11.4. The van der Waals surface area contributed by atoms with E-state index < -0.39 is 0 Å². The van der Waals surface area contributed by atoms with Crippen LogP contribution in [-0.4, -0.2) is 9.97 Å². The van der Waals surface area contributed by atoms with Crippen LogP contribution in [-0.2, 0) is 0 Å². The summed E-state index contributed by atoms with van der Waals surface area (Å²) >= 11 is 7.29. The molecule has 2 rings (SSSR count). The Balaban J connectivity index is 2.36. The van der Waals surface area contributed by atoms with Crippen LogP contribution in [0.25, 0.3) is 10.6 Å². The Bertz CT molecular complexity index is 551. The van der Waals surface area contributed by atoms with E-state index in [0.717, 1.165) is 22.6 Å². The van der Waals surface area contributed by atoms with Crippen molar-refractivity contribution in [1.29, 1.82) is 0 Å². The van der Waals surface area contributed by atoms with Gasteiger partial charge in [0.1, 0.15) is 10.2 Å². The summed E-state index contributed by atoms with van der Waals surface area (Å²) in [5.41, 5.74) is 1.87. The quantitative estimate of drug-likeness (QED) is 0.721. The minimum atomic E-state index is 0.519. The fourth-order valence-corrected chi connectivity index (χ4v) is 2.13. The van der Waals surface area contributed by atoms with E-state index in [2.05, 4.69) is 21.8 Å². The maximum Gasteiger partial charge on any atom is 0.140 e. The fraction of sp³-hybridized carbons (Fsp3) is 0.167. The van der Waals surface area contributed by atoms with Crippen LogP contribution < -0.4 is 0 Å². The highest BCUT2D eigenvalue weighted by molar-refractivity contribution is 7.13. The molecular weight excluding hydrogens is 240 g/mol. The standard InChI is InChI=1S/C12H9ClN2S/c1-2-3-4-9-5-10(7-14-6-9)12-15-11(13)8-16-12/h5-8H,2H2,1H3. The van der Waals surface area contributed by atoms with Crippen LogP contribution >= 0.6 is 22.9 Å². The zero-order valence-electron chi connectivity index (χ0n) is 8.70. The number of rotatable bonds is 1. The Morgan fingerprint density at radius 2 is 2.31 bits per heavy atom. The number of halogens is 1. The van der Waals surface area contributed by atoms with Crippen LogP contribution in [0.15, 0.2) is 23.8 Å². The average molecular weight is 249 g/mol. The van der Waals surface area contributed by atoms with Crippen molar-refractivity contribution in [3.63, 3.8) is 0 Å². The second kappa shape index (κ2) is 5.11. The summed E-state index contributed by atoms with van der Waals surface area (Å²) in [4.78, 5) is 8.34. The van der Waals surface area contributed by atoms with Crippen LogP contribution in [0.1, 0.15) is 18.9 Å². The third-order valence-electron chi connectivity index (χ3n) is 1.87. The molecule has 0 N–H and O–H groups in total. The summed E-state index contributed by atoms with van der Waals surface area (Å²) in [6, 6.07) is 1.98. The molecule has 2 aromatic heterocycles. The maximum absolute atomic E-state index is 5.78. The van der Waals surface area contributed by atoms with Crippen molar-refractivity contribution in [2.24, 2.45) is 0 Å². The number of hydrogen-bond acceptors (Lipinski definition) is 3. The van der Waals surface area contributed by atoms with E-state index in [1.165, 1.54) is 11.3 Å². The minimum absolute atomic E-state index is 0.519. The van der Waals surface area contributed by atoms with Crippen LogP contribution in [0.4, 0.5) is 0 Å². The summed E-state index contributed by atoms with van der Waals surface area (Å²) in [7, 11) is 0. The highest BCUT2D eigenvalue weighted by Crippen LogP contribution is 2.25. The molecule has 0 amide bonds. The predicted octanol–water partition coefficient (Wildman–Crippen LogP) is 3.62. The average Bonchev–Trinajstić information content (AvgIpc) is 2.74. The SMILES string of the molecule is CCC#Cc1cncc(-c2nc(Cl)cs2)c1. The Labute approximate surface area is 103 Å². The van der Waals surface area contributed by atoms with E-state index in [9.17, 15) is 0 Å². The second-order valence-electron chi connectivity index (χ2n) is 3.09. The number of aromatic nitrogens is 2. The van der Waals surface area contributed by atoms with Crippen LogP contribution in [0.3, 0.4) is 0 Å². The Morgan fingerprint density at radius 1 is 1.44 bits per heavy atom. The monoisotopic (exact) mass is 248 g/mol. The smallest absolute Gasteiger partial charge is 0.140 e. The van der Waals surface area contributed by atoms with Crippen molar-refractivity contribution in [1.82, 2.24) is 9.97 Å². The molecule has 0 radical (unpaired) electrons. The van der Waals surface area contributed by atoms with Gasteiger partial charge in [-0.1, -0.05) is 30.4 Å². The highest BCUT2D eigenvalue weighted by atomic mass is 35.5. The lowest BCUT2D eigenvalue weighted by atomic mass is 10.2. The van der Waals surface area contributed by atoms with Gasteiger partial charge in [-0.25, -0.2) is 4.98 Å². The molecule has 0 spiro atoms. The van der Waals surface area contributed by atoms with Gasteiger partial charge in [0.2, 0.25) is 0 Å². The summed E-state index contributed by atoms with van der Waals surface area (Å²) in [6.45, 7) is 2.02. The maximum atomic E-state index is 5.78. The molecule has 0 atom stereocenters. The lowest BCUT2D eigenvalue weighted by molar-refractivity contribution is 1.27. The molecule has 16 heavy (non-hydrogen) atoms. The summed E-state index contributed by atoms with van der Waals surface area (Å²) < 4.78 is 0. The Hall–Kier alpha value is -1.37. The molecular formula is C12H9ClN2S. The fourth-order valence-electron chi connectivity index (χ4n) is 1.20. The van der Waals surface area contributed by atoms with Crippen LogP contribution in [0, 0.1) is 11.8 Å². The Morgan fingerprint density at radius 3 is 3.00 bits per heavy atom. The van der Waals surface area contributed by atoms with Gasteiger partial charge in [0, 0.05) is 35.3 Å². The first-order chi connectivity index (χ1) is 7.79. The van der Waals surface area contributed by atoms with Crippen LogP contribution in [0.5, 0.6) is 0 Å². The third-order valence-corrected chi connectivity index (χ3v) is 3.09. The van der Waals surface area contributed by atoms with Gasteiger partial charge in [-0.15, -0.1) is 11.3 Å². The number of nitrogens with zero attached hydrogens (tertiary/aromatic N) is 2. The third kappa shape index (κ3) is 2.60. The lowest BCUT2D eigenvalue weighted by Gasteiger charge is -1.95. The molecule has 4 heteroatoms. The molecule has 0 bridgehead atoms. The van der Waals surface area contributed by atoms with Crippen molar-refractivity contribution in [2.75, 3.05) is 0 Å². The van der Waals surface area contributed by atoms with Gasteiger partial charge in [-0.2, -0.15) is 0 Å². The van der Waals surface area contributed by atoms with Crippen LogP contribution in [0.2, 0.25) is 5.15 Å². The van der Waals surface area contributed by atoms with E-state index in [1.54, 1.807) is 17.8 Å². The van der Waals surface area contributed by atoms with Gasteiger partial charge >= 0.3 is 0 Å². The molecule has 2 aromatic rings. The summed E-state index contributed by atoms with van der Waals surface area (Å²) in [6.07, 6.45) is 4.36. The molecule has 0 unspecified atom stereocenters. The number of hydrogen-bond donors (Lipinski definition) is 0. The van der Waals surface area contributed by atoms with Crippen molar-refractivity contribution < 1.29 is 0 Å². The second-order valence-corrected chi connectivity index (χ2v) is 4.34. The van der Waals surface area contributed by atoms with E-state index in [1.807, 2.05) is 13.0 Å². The number of thiazole rings is 1. The van der Waals surface area contributed by atoms with Crippen molar-refractivity contribution in [3.8, 4) is 22.4 Å². The van der Waals surface area contributed by atoms with Gasteiger partial charge in [0.05, 0.1) is 0 Å². The normalized spacial score (nSPS) is 9.62. The molecule has 0 aliphatic rings. The largest absolute Gasteiger partial charge is 0.263 e. The van der Waals surface area contributed by atoms with Crippen molar-refractivity contribution in [2.45, 2.75) is 13.3 Å². The van der Waals surface area contributed by atoms with Crippen molar-refractivity contribution >= 4 is 22.9 Å². The van der Waals surface area contributed by atoms with Gasteiger partial charge < -0.3 is 0 Å². The molecule has 0 aliphatic carbocycles. The summed E-state index contributed by atoms with van der Waals surface area (Å²) in [5.74, 6) is 6.06. The van der Waals surface area contributed by atoms with E-state index in [0.29, 0.717) is 5.15 Å². The molecule has 0 saturated heterocycles. The predicted molar refractivity (Wildman–Crippen MR) is 67.5 cm³/mol. The van der Waals surface area contributed by atoms with E-state index >= 15 is 0 Å². The molecule has 0 saturated carbocycles. The Kier molecular flexibility index (Phi) is 3.55. The van der Waals surface area contributed by atoms with Gasteiger partial charge in [0.15, 0.2) is 0 Å². The minimum Gasteiger partial charge on any atom is -0.263 e. The highest BCUT2D eigenvalue weighted by Gasteiger charge is 2.03. The van der Waals surface area contributed by atoms with Gasteiger partial charge in [-0.05, 0) is 6.07 Å². The molecule has 0 aromatic carbocycles. The van der Waals surface area contributed by atoms with E-state index in [4.69, 9.17) is 11.6 Å². The topological polar surface area (TPSA) is 25.8 Å². The molecule has 2 heterocycles. The molecule has 0 fully saturated rings. The lowest BCUT2D eigenvalue weighted by Crippen LogP contribution is -1.82. The van der Waals surface area contributed by atoms with Crippen molar-refractivity contribution in [3.05, 3.63) is 34.6 Å². The first-order valence-corrected chi connectivity index (χ1v) is 6.10. The van der Waals surface area contributed by atoms with Gasteiger partial charge in [0.25, 0.3) is 0 Å². The first kappa shape index (κ1) is 11.1. The molecule has 0 aliphatic heterocycles. The zero-order valence-corrected chi connectivity index (χ0v) is 10.3. The molecule has 2 nitrogen and oxygen atoms in total. The molecule has 80 valence electrons.